The highest BCUT2D eigenvalue weighted by molar-refractivity contribution is 14.1. The Kier molecular flexibility index (Phi) is 13.8. The van der Waals surface area contributed by atoms with Crippen molar-refractivity contribution < 1.29 is 38.8 Å². The second kappa shape index (κ2) is 16.5. The maximum atomic E-state index is 13.2. The van der Waals surface area contributed by atoms with Gasteiger partial charge in [-0.1, -0.05) is 13.0 Å². The minimum Gasteiger partial charge on any atom is -0.493 e. The van der Waals surface area contributed by atoms with Crippen molar-refractivity contribution in [3.63, 3.8) is 0 Å². The number of benzene rings is 1. The van der Waals surface area contributed by atoms with Crippen LogP contribution in [0.4, 0.5) is 0 Å². The van der Waals surface area contributed by atoms with E-state index >= 15 is 0 Å². The Morgan fingerprint density at radius 3 is 2.68 bits per heavy atom. The van der Waals surface area contributed by atoms with Gasteiger partial charge in [-0.2, -0.15) is 0 Å². The molecule has 0 radical (unpaired) electrons. The van der Waals surface area contributed by atoms with Crippen molar-refractivity contribution in [3.8, 4) is 11.5 Å². The number of hydrogen-bond donors (Lipinski definition) is 3. The number of aliphatic hydroxyl groups is 2. The highest BCUT2D eigenvalue weighted by Gasteiger charge is 2.40. The highest BCUT2D eigenvalue weighted by Crippen LogP contribution is 2.37. The number of halogens is 1. The van der Waals surface area contributed by atoms with Gasteiger partial charge in [-0.15, -0.1) is 0 Å². The van der Waals surface area contributed by atoms with Crippen molar-refractivity contribution in [1.29, 1.82) is 0 Å². The van der Waals surface area contributed by atoms with E-state index in [4.69, 9.17) is 19.3 Å². The van der Waals surface area contributed by atoms with E-state index in [1.165, 1.54) is 25.3 Å². The summed E-state index contributed by atoms with van der Waals surface area (Å²) in [5.41, 5.74) is 0.716. The van der Waals surface area contributed by atoms with Crippen LogP contribution in [-0.2, 0) is 14.3 Å². The van der Waals surface area contributed by atoms with E-state index in [0.29, 0.717) is 65.1 Å². The van der Waals surface area contributed by atoms with E-state index in [1.807, 2.05) is 36.4 Å². The van der Waals surface area contributed by atoms with Crippen LogP contribution in [0, 0.1) is 3.57 Å². The topological polar surface area (TPSA) is 135 Å². The van der Waals surface area contributed by atoms with Gasteiger partial charge < -0.3 is 34.6 Å². The lowest BCUT2D eigenvalue weighted by atomic mass is 9.88. The van der Waals surface area contributed by atoms with Gasteiger partial charge >= 0.3 is 0 Å². The summed E-state index contributed by atoms with van der Waals surface area (Å²) in [5, 5.41) is 23.3. The lowest BCUT2D eigenvalue weighted by molar-refractivity contribution is -0.133. The molecule has 10 nitrogen and oxygen atoms in total. The van der Waals surface area contributed by atoms with Crippen LogP contribution in [0.2, 0.25) is 0 Å². The highest BCUT2D eigenvalue weighted by atomic mass is 127. The average Bonchev–Trinajstić information content (AvgIpc) is 2.92. The quantitative estimate of drug-likeness (QED) is 0.115. The molecule has 0 saturated carbocycles. The molecular weight excluding hydrogens is 607 g/mol. The van der Waals surface area contributed by atoms with Gasteiger partial charge in [-0.25, -0.2) is 0 Å². The molecule has 3 N–H and O–H groups in total. The second-order valence-corrected chi connectivity index (χ2v) is 9.72. The van der Waals surface area contributed by atoms with Gasteiger partial charge in [0.05, 0.1) is 23.3 Å². The van der Waals surface area contributed by atoms with Gasteiger partial charge in [-0.3, -0.25) is 14.4 Å². The van der Waals surface area contributed by atoms with Crippen LogP contribution < -0.4 is 14.8 Å². The normalized spacial score (nSPS) is 19.1. The minimum atomic E-state index is -1.18. The lowest BCUT2D eigenvalue weighted by Gasteiger charge is -2.40. The second-order valence-electron chi connectivity index (χ2n) is 8.56. The number of nitrogens with one attached hydrogen (secondary N) is 1. The van der Waals surface area contributed by atoms with E-state index in [9.17, 15) is 19.5 Å². The number of rotatable bonds is 15. The smallest absolute Gasteiger partial charge is 0.247 e. The number of carbonyl (C=O) groups excluding carboxylic acids is 3. The maximum Gasteiger partial charge on any atom is 0.247 e. The molecule has 0 fully saturated rings. The Balaban J connectivity index is 2.48. The van der Waals surface area contributed by atoms with E-state index in [-0.39, 0.29) is 25.5 Å². The zero-order chi connectivity index (χ0) is 28.1. The number of nitrogens with zero attached hydrogens (tertiary/aromatic N) is 1. The van der Waals surface area contributed by atoms with Crippen LogP contribution in [0.25, 0.3) is 0 Å². The summed E-state index contributed by atoms with van der Waals surface area (Å²) in [6, 6.07) is 2.37. The van der Waals surface area contributed by atoms with Crippen molar-refractivity contribution in [2.24, 2.45) is 0 Å². The van der Waals surface area contributed by atoms with E-state index in [1.54, 1.807) is 17.0 Å². The largest absolute Gasteiger partial charge is 0.493 e. The molecule has 1 aromatic rings. The molecule has 1 aromatic carbocycles. The number of carbonyl (C=O) groups is 3. The van der Waals surface area contributed by atoms with Crippen LogP contribution in [0.1, 0.15) is 43.5 Å². The maximum absolute atomic E-state index is 13.2. The average molecular weight is 645 g/mol. The number of amides is 2. The van der Waals surface area contributed by atoms with E-state index < -0.39 is 24.2 Å². The summed E-state index contributed by atoms with van der Waals surface area (Å²) >= 11 is 2.01. The molecule has 38 heavy (non-hydrogen) atoms. The fraction of sp³-hybridized carbons (Fsp3) is 0.519. The Morgan fingerprint density at radius 1 is 1.29 bits per heavy atom. The molecule has 210 valence electrons. The predicted molar refractivity (Wildman–Crippen MR) is 150 cm³/mol. The number of aliphatic hydroxyl groups excluding tert-OH is 2. The van der Waals surface area contributed by atoms with Crippen molar-refractivity contribution in [2.45, 2.75) is 51.4 Å². The number of ether oxygens (including phenoxy) is 3. The first-order valence-electron chi connectivity index (χ1n) is 12.6. The summed E-state index contributed by atoms with van der Waals surface area (Å²) in [5.74, 6) is -0.114. The molecule has 0 heterocycles. The van der Waals surface area contributed by atoms with Gasteiger partial charge in [-0.05, 0) is 66.6 Å². The lowest BCUT2D eigenvalue weighted by Crippen LogP contribution is -2.55. The van der Waals surface area contributed by atoms with Crippen molar-refractivity contribution in [3.05, 3.63) is 45.1 Å². The number of methoxy groups -OCH3 is 1. The van der Waals surface area contributed by atoms with E-state index in [2.05, 4.69) is 5.32 Å². The van der Waals surface area contributed by atoms with Crippen LogP contribution in [0.3, 0.4) is 0 Å². The van der Waals surface area contributed by atoms with Crippen LogP contribution in [0.5, 0.6) is 11.5 Å². The SMILES string of the molecule is CCC=CC(=O)N(CCCOCC)C1CC(C(=O)NCCO)=CC(Oc2c(I)cc(C=O)cc2OC)C1O. The first-order valence-corrected chi connectivity index (χ1v) is 13.7. The number of aldehydes is 1. The zero-order valence-corrected chi connectivity index (χ0v) is 24.2. The van der Waals surface area contributed by atoms with Gasteiger partial charge in [0.1, 0.15) is 18.5 Å². The molecule has 0 aromatic heterocycles. The molecule has 1 aliphatic rings. The number of allylic oxidation sites excluding steroid dienone is 1. The van der Waals surface area contributed by atoms with Crippen molar-refractivity contribution in [2.75, 3.05) is 40.0 Å². The predicted octanol–water partition coefficient (Wildman–Crippen LogP) is 2.25. The molecule has 0 spiro atoms. The molecule has 2 amide bonds. The van der Waals surface area contributed by atoms with Crippen LogP contribution in [-0.4, -0.2) is 91.5 Å². The molecule has 0 aliphatic heterocycles. The first-order chi connectivity index (χ1) is 18.3. The van der Waals surface area contributed by atoms with Crippen LogP contribution in [0.15, 0.2) is 35.9 Å². The standard InChI is InChI=1S/C27H37IN2O8/c1-4-6-8-24(33)30(10-7-12-37-5-2)21-15-19(27(35)29-9-11-31)16-22(25(21)34)38-26-20(28)13-18(17-32)14-23(26)36-3/h6,8,13-14,16-17,21-22,25,31,34H,4-5,7,9-12,15H2,1-3H3,(H,29,35). The summed E-state index contributed by atoms with van der Waals surface area (Å²) in [4.78, 5) is 39.0. The Labute approximate surface area is 237 Å². The Bertz CT molecular complexity index is 1010. The van der Waals surface area contributed by atoms with Gasteiger partial charge in [0.15, 0.2) is 11.5 Å². The molecule has 0 saturated heterocycles. The third-order valence-electron chi connectivity index (χ3n) is 5.93. The van der Waals surface area contributed by atoms with Gasteiger partial charge in [0.25, 0.3) is 0 Å². The van der Waals surface area contributed by atoms with Gasteiger partial charge in [0.2, 0.25) is 11.8 Å². The third-order valence-corrected chi connectivity index (χ3v) is 6.73. The molecule has 11 heteroatoms. The van der Waals surface area contributed by atoms with Crippen molar-refractivity contribution >= 4 is 40.7 Å². The summed E-state index contributed by atoms with van der Waals surface area (Å²) in [6.07, 6.45) is 4.55. The number of hydrogen-bond acceptors (Lipinski definition) is 8. The van der Waals surface area contributed by atoms with Crippen LogP contribution >= 0.6 is 22.6 Å². The Morgan fingerprint density at radius 2 is 2.05 bits per heavy atom. The molecule has 2 rings (SSSR count). The first kappa shape index (κ1) is 31.7. The fourth-order valence-electron chi connectivity index (χ4n) is 4.07. The Hall–Kier alpha value is -2.48. The molecule has 3 atom stereocenters. The summed E-state index contributed by atoms with van der Waals surface area (Å²) in [6.45, 7) is 4.93. The third kappa shape index (κ3) is 8.79. The van der Waals surface area contributed by atoms with E-state index in [0.717, 1.165) is 0 Å². The summed E-state index contributed by atoms with van der Waals surface area (Å²) < 4.78 is 17.6. The monoisotopic (exact) mass is 644 g/mol. The zero-order valence-electron chi connectivity index (χ0n) is 22.0. The molecular formula is C27H37IN2O8. The molecule has 3 unspecified atom stereocenters. The molecule has 1 aliphatic carbocycles. The fourth-order valence-corrected chi connectivity index (χ4v) is 4.83. The molecule has 0 bridgehead atoms. The minimum absolute atomic E-state index is 0.0596. The van der Waals surface area contributed by atoms with Crippen molar-refractivity contribution in [1.82, 2.24) is 10.2 Å². The summed E-state index contributed by atoms with van der Waals surface area (Å²) in [7, 11) is 1.44. The van der Waals surface area contributed by atoms with Gasteiger partial charge in [0, 0.05) is 43.9 Å².